The summed E-state index contributed by atoms with van der Waals surface area (Å²) in [7, 11) is 0. The molecule has 0 saturated carbocycles. The van der Waals surface area contributed by atoms with E-state index in [-0.39, 0.29) is 36.0 Å². The summed E-state index contributed by atoms with van der Waals surface area (Å²) in [6, 6.07) is 7.50. The predicted molar refractivity (Wildman–Crippen MR) is 110 cm³/mol. The van der Waals surface area contributed by atoms with Crippen molar-refractivity contribution in [1.29, 1.82) is 0 Å². The van der Waals surface area contributed by atoms with Gasteiger partial charge in [-0.2, -0.15) is 0 Å². The second kappa shape index (κ2) is 8.22. The Balaban J connectivity index is 1.47. The summed E-state index contributed by atoms with van der Waals surface area (Å²) >= 11 is 1.23. The lowest BCUT2D eigenvalue weighted by atomic mass is 9.87. The summed E-state index contributed by atoms with van der Waals surface area (Å²) in [6.45, 7) is 6.59. The number of hydrogen-bond donors (Lipinski definition) is 2. The maximum absolute atomic E-state index is 12.2. The quantitative estimate of drug-likeness (QED) is 0.802. The Labute approximate surface area is 168 Å². The highest BCUT2D eigenvalue weighted by Crippen LogP contribution is 2.29. The van der Waals surface area contributed by atoms with Crippen LogP contribution in [0.1, 0.15) is 71.3 Å². The van der Waals surface area contributed by atoms with Crippen LogP contribution in [-0.4, -0.2) is 29.1 Å². The van der Waals surface area contributed by atoms with Gasteiger partial charge in [0.1, 0.15) is 0 Å². The Hall–Kier alpha value is -2.54. The van der Waals surface area contributed by atoms with Gasteiger partial charge >= 0.3 is 0 Å². The molecule has 1 aromatic carbocycles. The number of Topliss-reactive ketones (excluding diaryl/α,β-unsaturated/α-hetero) is 1. The standard InChI is InChI=1S/C21H25N3O3S/c1-21(2,3)14-9-7-13(8-10-14)19(27)22-12-11-17(26)24-20-23-15-5-4-6-16(25)18(15)28-20/h7-10H,4-6,11-12H2,1-3H3,(H,22,27)(H,23,24,26). The molecule has 0 unspecified atom stereocenters. The smallest absolute Gasteiger partial charge is 0.251 e. The molecule has 2 amide bonds. The van der Waals surface area contributed by atoms with E-state index in [9.17, 15) is 14.4 Å². The average Bonchev–Trinajstić information content (AvgIpc) is 3.05. The maximum atomic E-state index is 12.2. The molecule has 0 saturated heterocycles. The molecular formula is C21H25N3O3S. The molecule has 2 aromatic rings. The molecule has 28 heavy (non-hydrogen) atoms. The van der Waals surface area contributed by atoms with Crippen LogP contribution in [0.3, 0.4) is 0 Å². The fourth-order valence-corrected chi connectivity index (χ4v) is 4.01. The third-order valence-corrected chi connectivity index (χ3v) is 5.72. The van der Waals surface area contributed by atoms with Gasteiger partial charge in [-0.25, -0.2) is 4.98 Å². The minimum Gasteiger partial charge on any atom is -0.352 e. The van der Waals surface area contributed by atoms with Crippen LogP contribution in [0.5, 0.6) is 0 Å². The zero-order chi connectivity index (χ0) is 20.3. The zero-order valence-electron chi connectivity index (χ0n) is 16.4. The van der Waals surface area contributed by atoms with E-state index in [0.29, 0.717) is 22.0 Å². The molecule has 6 nitrogen and oxygen atoms in total. The Morgan fingerprint density at radius 1 is 1.14 bits per heavy atom. The largest absolute Gasteiger partial charge is 0.352 e. The first-order valence-corrected chi connectivity index (χ1v) is 10.3. The lowest BCUT2D eigenvalue weighted by molar-refractivity contribution is -0.116. The van der Waals surface area contributed by atoms with Crippen LogP contribution in [0.4, 0.5) is 5.13 Å². The highest BCUT2D eigenvalue weighted by molar-refractivity contribution is 7.17. The van der Waals surface area contributed by atoms with Gasteiger partial charge in [-0.15, -0.1) is 0 Å². The number of amides is 2. The number of fused-ring (bicyclic) bond motifs is 1. The van der Waals surface area contributed by atoms with Gasteiger partial charge < -0.3 is 10.6 Å². The summed E-state index contributed by atoms with van der Waals surface area (Å²) in [5.41, 5.74) is 2.54. The first-order chi connectivity index (χ1) is 13.2. The topological polar surface area (TPSA) is 88.2 Å². The number of hydrogen-bond acceptors (Lipinski definition) is 5. The molecule has 148 valence electrons. The number of rotatable bonds is 5. The number of anilines is 1. The van der Waals surface area contributed by atoms with Gasteiger partial charge in [0.2, 0.25) is 5.91 Å². The van der Waals surface area contributed by atoms with Crippen molar-refractivity contribution >= 4 is 34.1 Å². The summed E-state index contributed by atoms with van der Waals surface area (Å²) in [4.78, 5) is 41.2. The molecule has 7 heteroatoms. The van der Waals surface area contributed by atoms with Gasteiger partial charge in [0.15, 0.2) is 10.9 Å². The number of nitrogens with zero attached hydrogens (tertiary/aromatic N) is 1. The number of benzene rings is 1. The van der Waals surface area contributed by atoms with E-state index in [0.717, 1.165) is 24.1 Å². The number of thiazole rings is 1. The number of carbonyl (C=O) groups excluding carboxylic acids is 3. The van der Waals surface area contributed by atoms with Gasteiger partial charge in [0, 0.05) is 24.9 Å². The van der Waals surface area contributed by atoms with Crippen LogP contribution in [0.25, 0.3) is 0 Å². The Morgan fingerprint density at radius 3 is 2.50 bits per heavy atom. The molecular weight excluding hydrogens is 374 g/mol. The Bertz CT molecular complexity index is 895. The third-order valence-electron chi connectivity index (χ3n) is 4.67. The molecule has 3 rings (SSSR count). The van der Waals surface area contributed by atoms with Crippen molar-refractivity contribution in [3.8, 4) is 0 Å². The van der Waals surface area contributed by atoms with E-state index in [1.165, 1.54) is 11.3 Å². The number of ketones is 1. The highest BCUT2D eigenvalue weighted by atomic mass is 32.1. The van der Waals surface area contributed by atoms with E-state index in [4.69, 9.17) is 0 Å². The van der Waals surface area contributed by atoms with Gasteiger partial charge in [-0.3, -0.25) is 14.4 Å². The van der Waals surface area contributed by atoms with E-state index >= 15 is 0 Å². The summed E-state index contributed by atoms with van der Waals surface area (Å²) in [5, 5.41) is 5.93. The summed E-state index contributed by atoms with van der Waals surface area (Å²) < 4.78 is 0. The highest BCUT2D eigenvalue weighted by Gasteiger charge is 2.22. The molecule has 1 aliphatic carbocycles. The van der Waals surface area contributed by atoms with E-state index in [1.807, 2.05) is 12.1 Å². The number of aryl methyl sites for hydroxylation is 1. The first kappa shape index (κ1) is 20.2. The number of aromatic nitrogens is 1. The molecule has 0 fully saturated rings. The van der Waals surface area contributed by atoms with Crippen molar-refractivity contribution in [1.82, 2.24) is 10.3 Å². The molecule has 1 aromatic heterocycles. The van der Waals surface area contributed by atoms with Crippen molar-refractivity contribution in [2.45, 2.75) is 51.9 Å². The fraction of sp³-hybridized carbons (Fsp3) is 0.429. The average molecular weight is 400 g/mol. The third kappa shape index (κ3) is 4.84. The lowest BCUT2D eigenvalue weighted by Crippen LogP contribution is -2.27. The number of nitrogens with one attached hydrogen (secondary N) is 2. The van der Waals surface area contributed by atoms with Gasteiger partial charge in [-0.1, -0.05) is 44.2 Å². The minimum atomic E-state index is -0.234. The van der Waals surface area contributed by atoms with Gasteiger partial charge in [-0.05, 0) is 36.0 Å². The molecule has 2 N–H and O–H groups in total. The molecule has 0 bridgehead atoms. The SMILES string of the molecule is CC(C)(C)c1ccc(C(=O)NCCC(=O)Nc2nc3c(s2)C(=O)CCC3)cc1. The maximum Gasteiger partial charge on any atom is 0.251 e. The van der Waals surface area contributed by atoms with Crippen LogP contribution in [0, 0.1) is 0 Å². The van der Waals surface area contributed by atoms with Crippen LogP contribution >= 0.6 is 11.3 Å². The molecule has 1 heterocycles. The molecule has 0 atom stereocenters. The summed E-state index contributed by atoms with van der Waals surface area (Å²) in [5.74, 6) is -0.338. The van der Waals surface area contributed by atoms with E-state index < -0.39 is 0 Å². The molecule has 0 spiro atoms. The minimum absolute atomic E-state index is 0.0345. The van der Waals surface area contributed by atoms with Crippen LogP contribution < -0.4 is 10.6 Å². The normalized spacial score (nSPS) is 13.8. The monoisotopic (exact) mass is 399 g/mol. The van der Waals surface area contributed by atoms with E-state index in [2.05, 4.69) is 36.4 Å². The van der Waals surface area contributed by atoms with E-state index in [1.54, 1.807) is 12.1 Å². The second-order valence-corrected chi connectivity index (χ2v) is 8.95. The predicted octanol–water partition coefficient (Wildman–Crippen LogP) is 3.72. The zero-order valence-corrected chi connectivity index (χ0v) is 17.2. The number of carbonyl (C=O) groups is 3. The first-order valence-electron chi connectivity index (χ1n) is 9.45. The van der Waals surface area contributed by atoms with Crippen molar-refractivity contribution in [2.24, 2.45) is 0 Å². The molecule has 1 aliphatic rings. The Morgan fingerprint density at radius 2 is 1.86 bits per heavy atom. The second-order valence-electron chi connectivity index (χ2n) is 7.95. The van der Waals surface area contributed by atoms with Crippen molar-refractivity contribution in [3.63, 3.8) is 0 Å². The van der Waals surface area contributed by atoms with Crippen molar-refractivity contribution in [3.05, 3.63) is 46.0 Å². The van der Waals surface area contributed by atoms with Crippen LogP contribution in [0.2, 0.25) is 0 Å². The fourth-order valence-electron chi connectivity index (χ4n) is 3.02. The van der Waals surface area contributed by atoms with Crippen LogP contribution in [-0.2, 0) is 16.6 Å². The van der Waals surface area contributed by atoms with Crippen LogP contribution in [0.15, 0.2) is 24.3 Å². The Kier molecular flexibility index (Phi) is 5.93. The lowest BCUT2D eigenvalue weighted by Gasteiger charge is -2.19. The van der Waals surface area contributed by atoms with Crippen molar-refractivity contribution < 1.29 is 14.4 Å². The molecule has 0 radical (unpaired) electrons. The van der Waals surface area contributed by atoms with Gasteiger partial charge in [0.05, 0.1) is 10.6 Å². The van der Waals surface area contributed by atoms with Gasteiger partial charge in [0.25, 0.3) is 5.91 Å². The summed E-state index contributed by atoms with van der Waals surface area (Å²) in [6.07, 6.45) is 2.28. The van der Waals surface area contributed by atoms with Crippen molar-refractivity contribution in [2.75, 3.05) is 11.9 Å². The molecule has 0 aliphatic heterocycles.